The molecule has 2 amide bonds. The summed E-state index contributed by atoms with van der Waals surface area (Å²) in [5.74, 6) is 0.245. The average Bonchev–Trinajstić information content (AvgIpc) is 3.52. The SMILES string of the molecule is O=C(NCc1ccn2ccnc2c1)c1cnc(C2CCN(C(=O)c3ccccc3)CC2)s1. The van der Waals surface area contributed by atoms with E-state index in [1.807, 2.05) is 64.2 Å². The molecular weight excluding hydrogens is 422 g/mol. The van der Waals surface area contributed by atoms with E-state index in [0.29, 0.717) is 24.5 Å². The summed E-state index contributed by atoms with van der Waals surface area (Å²) in [6.45, 7) is 1.85. The number of benzene rings is 1. The highest BCUT2D eigenvalue weighted by Gasteiger charge is 2.26. The Morgan fingerprint density at radius 2 is 1.88 bits per heavy atom. The number of piperidine rings is 1. The first kappa shape index (κ1) is 20.4. The van der Waals surface area contributed by atoms with E-state index in [2.05, 4.69) is 15.3 Å². The van der Waals surface area contributed by atoms with Crippen molar-refractivity contribution >= 4 is 28.8 Å². The summed E-state index contributed by atoms with van der Waals surface area (Å²) in [5, 5.41) is 3.94. The molecule has 4 heterocycles. The molecule has 1 aromatic carbocycles. The molecule has 5 rings (SSSR count). The summed E-state index contributed by atoms with van der Waals surface area (Å²) in [6, 6.07) is 13.3. The lowest BCUT2D eigenvalue weighted by molar-refractivity contribution is 0.0712. The molecule has 0 bridgehead atoms. The Morgan fingerprint density at radius 1 is 1.06 bits per heavy atom. The minimum Gasteiger partial charge on any atom is -0.347 e. The van der Waals surface area contributed by atoms with Gasteiger partial charge in [0.25, 0.3) is 11.8 Å². The molecule has 0 radical (unpaired) electrons. The van der Waals surface area contributed by atoms with Gasteiger partial charge in [0.1, 0.15) is 10.5 Å². The second-order valence-corrected chi connectivity index (χ2v) is 8.97. The molecule has 0 aliphatic carbocycles. The third-order valence-electron chi connectivity index (χ3n) is 5.81. The maximum atomic E-state index is 12.6. The lowest BCUT2D eigenvalue weighted by Gasteiger charge is -2.31. The van der Waals surface area contributed by atoms with Crippen LogP contribution < -0.4 is 5.32 Å². The molecule has 1 saturated heterocycles. The summed E-state index contributed by atoms with van der Waals surface area (Å²) in [5.41, 5.74) is 2.58. The van der Waals surface area contributed by atoms with Crippen LogP contribution in [-0.2, 0) is 6.54 Å². The molecular formula is C24H23N5O2S. The molecule has 0 atom stereocenters. The van der Waals surface area contributed by atoms with Crippen LogP contribution in [0.4, 0.5) is 0 Å². The first-order valence-corrected chi connectivity index (χ1v) is 11.5. The molecule has 0 spiro atoms. The fourth-order valence-electron chi connectivity index (χ4n) is 4.01. The normalized spacial score (nSPS) is 14.6. The van der Waals surface area contributed by atoms with Crippen LogP contribution in [0, 0.1) is 0 Å². The lowest BCUT2D eigenvalue weighted by Crippen LogP contribution is -2.37. The van der Waals surface area contributed by atoms with Crippen LogP contribution in [0.3, 0.4) is 0 Å². The van der Waals surface area contributed by atoms with Gasteiger partial charge >= 0.3 is 0 Å². The standard InChI is InChI=1S/C24H23N5O2S/c30-22(26-15-17-6-10-28-13-9-25-21(28)14-17)20-16-27-23(32-20)18-7-11-29(12-8-18)24(31)19-4-2-1-3-5-19/h1-6,9-10,13-14,16,18H,7-8,11-12,15H2,(H,26,30). The van der Waals surface area contributed by atoms with Gasteiger partial charge in [-0.3, -0.25) is 9.59 Å². The molecule has 4 aromatic rings. The van der Waals surface area contributed by atoms with Crippen LogP contribution in [-0.4, -0.2) is 44.2 Å². The van der Waals surface area contributed by atoms with Gasteiger partial charge in [0, 0.05) is 49.7 Å². The van der Waals surface area contributed by atoms with Gasteiger partial charge in [-0.1, -0.05) is 18.2 Å². The van der Waals surface area contributed by atoms with Gasteiger partial charge in [0.15, 0.2) is 0 Å². The highest BCUT2D eigenvalue weighted by Crippen LogP contribution is 2.31. The van der Waals surface area contributed by atoms with Gasteiger partial charge < -0.3 is 14.6 Å². The van der Waals surface area contributed by atoms with Crippen molar-refractivity contribution < 1.29 is 9.59 Å². The number of thiazole rings is 1. The Hall–Kier alpha value is -3.52. The van der Waals surface area contributed by atoms with Gasteiger partial charge in [-0.25, -0.2) is 9.97 Å². The molecule has 1 aliphatic heterocycles. The van der Waals surface area contributed by atoms with E-state index in [1.165, 1.54) is 11.3 Å². The summed E-state index contributed by atoms with van der Waals surface area (Å²) in [6.07, 6.45) is 8.95. The number of carbonyl (C=O) groups is 2. The van der Waals surface area contributed by atoms with Crippen molar-refractivity contribution in [1.29, 1.82) is 0 Å². The predicted octanol–water partition coefficient (Wildman–Crippen LogP) is 3.74. The number of amides is 2. The minimum absolute atomic E-state index is 0.0804. The summed E-state index contributed by atoms with van der Waals surface area (Å²) < 4.78 is 1.93. The Balaban J connectivity index is 1.16. The van der Waals surface area contributed by atoms with Crippen LogP contribution in [0.1, 0.15) is 49.4 Å². The average molecular weight is 446 g/mol. The first-order valence-electron chi connectivity index (χ1n) is 10.7. The predicted molar refractivity (Wildman–Crippen MR) is 123 cm³/mol. The van der Waals surface area contributed by atoms with Crippen molar-refractivity contribution in [1.82, 2.24) is 24.6 Å². The highest BCUT2D eigenvalue weighted by molar-refractivity contribution is 7.13. The maximum Gasteiger partial charge on any atom is 0.263 e. The number of pyridine rings is 1. The van der Waals surface area contributed by atoms with Gasteiger partial charge in [0.2, 0.25) is 0 Å². The van der Waals surface area contributed by atoms with Gasteiger partial charge in [0.05, 0.1) is 11.2 Å². The van der Waals surface area contributed by atoms with E-state index < -0.39 is 0 Å². The number of carbonyl (C=O) groups excluding carboxylic acids is 2. The van der Waals surface area contributed by atoms with Gasteiger partial charge in [-0.15, -0.1) is 11.3 Å². The van der Waals surface area contributed by atoms with Crippen LogP contribution >= 0.6 is 11.3 Å². The summed E-state index contributed by atoms with van der Waals surface area (Å²) >= 11 is 1.45. The molecule has 3 aromatic heterocycles. The molecule has 1 aliphatic rings. The fourth-order valence-corrected chi connectivity index (χ4v) is 5.01. The quantitative estimate of drug-likeness (QED) is 0.508. The van der Waals surface area contributed by atoms with Crippen LogP contribution in [0.5, 0.6) is 0 Å². The highest BCUT2D eigenvalue weighted by atomic mass is 32.1. The van der Waals surface area contributed by atoms with Crippen molar-refractivity contribution in [2.24, 2.45) is 0 Å². The fraction of sp³-hybridized carbons (Fsp3) is 0.250. The number of aromatic nitrogens is 3. The molecule has 0 saturated carbocycles. The number of rotatable bonds is 5. The topological polar surface area (TPSA) is 79.6 Å². The molecule has 1 fully saturated rings. The Labute approximate surface area is 189 Å². The summed E-state index contributed by atoms with van der Waals surface area (Å²) in [4.78, 5) is 36.6. The number of hydrogen-bond donors (Lipinski definition) is 1. The van der Waals surface area contributed by atoms with E-state index in [0.717, 1.165) is 34.6 Å². The van der Waals surface area contributed by atoms with Crippen LogP contribution in [0.15, 0.2) is 67.3 Å². The second kappa shape index (κ2) is 8.92. The van der Waals surface area contributed by atoms with Gasteiger partial charge in [-0.05, 0) is 42.7 Å². The van der Waals surface area contributed by atoms with Crippen LogP contribution in [0.25, 0.3) is 5.65 Å². The Kier molecular flexibility index (Phi) is 5.68. The Bertz CT molecular complexity index is 1240. The van der Waals surface area contributed by atoms with E-state index >= 15 is 0 Å². The zero-order valence-electron chi connectivity index (χ0n) is 17.5. The third-order valence-corrected chi connectivity index (χ3v) is 6.97. The monoisotopic (exact) mass is 445 g/mol. The second-order valence-electron chi connectivity index (χ2n) is 7.91. The smallest absolute Gasteiger partial charge is 0.263 e. The summed E-state index contributed by atoms with van der Waals surface area (Å²) in [7, 11) is 0. The number of hydrogen-bond acceptors (Lipinski definition) is 5. The molecule has 32 heavy (non-hydrogen) atoms. The zero-order valence-corrected chi connectivity index (χ0v) is 18.3. The number of fused-ring (bicyclic) bond motifs is 1. The van der Waals surface area contributed by atoms with E-state index in [-0.39, 0.29) is 17.7 Å². The number of likely N-dealkylation sites (tertiary alicyclic amines) is 1. The lowest BCUT2D eigenvalue weighted by atomic mass is 9.97. The minimum atomic E-state index is -0.117. The van der Waals surface area contributed by atoms with Crippen LogP contribution in [0.2, 0.25) is 0 Å². The first-order chi connectivity index (χ1) is 15.7. The van der Waals surface area contributed by atoms with Crippen molar-refractivity contribution in [3.63, 3.8) is 0 Å². The zero-order chi connectivity index (χ0) is 21.9. The molecule has 8 heteroatoms. The number of imidazole rings is 1. The molecule has 162 valence electrons. The van der Waals surface area contributed by atoms with Crippen molar-refractivity contribution in [2.45, 2.75) is 25.3 Å². The van der Waals surface area contributed by atoms with Crippen molar-refractivity contribution in [3.8, 4) is 0 Å². The van der Waals surface area contributed by atoms with Crippen molar-refractivity contribution in [2.75, 3.05) is 13.1 Å². The Morgan fingerprint density at radius 3 is 2.69 bits per heavy atom. The molecule has 1 N–H and O–H groups in total. The van der Waals surface area contributed by atoms with E-state index in [4.69, 9.17) is 0 Å². The van der Waals surface area contributed by atoms with E-state index in [1.54, 1.807) is 12.4 Å². The number of nitrogens with zero attached hydrogens (tertiary/aromatic N) is 4. The molecule has 7 nitrogen and oxygen atoms in total. The molecule has 0 unspecified atom stereocenters. The van der Waals surface area contributed by atoms with E-state index in [9.17, 15) is 9.59 Å². The van der Waals surface area contributed by atoms with Gasteiger partial charge in [-0.2, -0.15) is 0 Å². The van der Waals surface area contributed by atoms with Crippen molar-refractivity contribution in [3.05, 3.63) is 88.3 Å². The number of nitrogens with one attached hydrogen (secondary N) is 1. The third kappa shape index (κ3) is 4.27. The maximum absolute atomic E-state index is 12.6. The largest absolute Gasteiger partial charge is 0.347 e.